The third-order valence-corrected chi connectivity index (χ3v) is 4.77. The third kappa shape index (κ3) is 1.52. The first kappa shape index (κ1) is 11.0. The average molecular weight is 251 g/mol. The van der Waals surface area contributed by atoms with E-state index < -0.39 is 0 Å². The number of benzene rings is 1. The van der Waals surface area contributed by atoms with Crippen molar-refractivity contribution in [3.63, 3.8) is 0 Å². The zero-order valence-electron chi connectivity index (χ0n) is 11.1. The molecule has 2 fully saturated rings. The summed E-state index contributed by atoms with van der Waals surface area (Å²) in [6, 6.07) is 8.31. The minimum atomic E-state index is 0.321. The molecule has 2 nitrogen and oxygen atoms in total. The van der Waals surface area contributed by atoms with Crippen LogP contribution in [0.25, 0.3) is 17.0 Å². The van der Waals surface area contributed by atoms with E-state index in [1.54, 1.807) is 0 Å². The molecule has 1 heterocycles. The molecule has 19 heavy (non-hydrogen) atoms. The lowest BCUT2D eigenvalue weighted by molar-refractivity contribution is -0.118. The van der Waals surface area contributed by atoms with Gasteiger partial charge in [-0.25, -0.2) is 0 Å². The molecule has 0 unspecified atom stereocenters. The molecule has 4 rings (SSSR count). The number of aromatic amines is 1. The summed E-state index contributed by atoms with van der Waals surface area (Å²) in [5.41, 5.74) is 4.59. The van der Waals surface area contributed by atoms with Crippen LogP contribution in [0.3, 0.4) is 0 Å². The van der Waals surface area contributed by atoms with Gasteiger partial charge in [0.25, 0.3) is 0 Å². The van der Waals surface area contributed by atoms with Gasteiger partial charge in [-0.15, -0.1) is 0 Å². The van der Waals surface area contributed by atoms with Crippen LogP contribution in [-0.2, 0) is 4.79 Å². The summed E-state index contributed by atoms with van der Waals surface area (Å²) in [7, 11) is 0. The Balaban J connectivity index is 1.88. The molecule has 2 bridgehead atoms. The molecular formula is C17H17NO. The number of para-hydroxylation sites is 1. The molecule has 0 spiro atoms. The number of carbonyl (C=O) groups excluding carboxylic acids is 1. The normalized spacial score (nSPS) is 27.8. The smallest absolute Gasteiger partial charge is 0.162 e. The molecular weight excluding hydrogens is 234 g/mol. The zero-order chi connectivity index (χ0) is 13.0. The molecule has 0 amide bonds. The van der Waals surface area contributed by atoms with E-state index >= 15 is 0 Å². The highest BCUT2D eigenvalue weighted by Crippen LogP contribution is 2.46. The van der Waals surface area contributed by atoms with E-state index in [4.69, 9.17) is 0 Å². The van der Waals surface area contributed by atoms with Gasteiger partial charge >= 0.3 is 0 Å². The number of rotatable bonds is 1. The highest BCUT2D eigenvalue weighted by atomic mass is 16.1. The summed E-state index contributed by atoms with van der Waals surface area (Å²) in [4.78, 5) is 15.7. The summed E-state index contributed by atoms with van der Waals surface area (Å²) in [6.07, 6.45) is 5.55. The maximum atomic E-state index is 12.3. The summed E-state index contributed by atoms with van der Waals surface area (Å²) in [6.45, 7) is 2.09. The van der Waals surface area contributed by atoms with Gasteiger partial charge in [-0.3, -0.25) is 4.79 Å². The maximum Gasteiger partial charge on any atom is 0.162 e. The topological polar surface area (TPSA) is 32.9 Å². The van der Waals surface area contributed by atoms with Crippen LogP contribution in [0.1, 0.15) is 30.5 Å². The van der Waals surface area contributed by atoms with Gasteiger partial charge in [0.2, 0.25) is 0 Å². The monoisotopic (exact) mass is 251 g/mol. The molecule has 1 aromatic heterocycles. The van der Waals surface area contributed by atoms with E-state index in [-0.39, 0.29) is 0 Å². The molecule has 2 aliphatic carbocycles. The maximum absolute atomic E-state index is 12.3. The van der Waals surface area contributed by atoms with Crippen molar-refractivity contribution in [1.82, 2.24) is 4.98 Å². The number of aryl methyl sites for hydroxylation is 1. The Morgan fingerprint density at radius 1 is 1.21 bits per heavy atom. The van der Waals surface area contributed by atoms with Crippen LogP contribution in [0.15, 0.2) is 29.8 Å². The van der Waals surface area contributed by atoms with Gasteiger partial charge in [0, 0.05) is 28.1 Å². The van der Waals surface area contributed by atoms with Crippen molar-refractivity contribution in [2.75, 3.05) is 0 Å². The third-order valence-electron chi connectivity index (χ3n) is 4.77. The average Bonchev–Trinajstić information content (AvgIpc) is 3.06. The molecule has 2 aliphatic rings. The predicted molar refractivity (Wildman–Crippen MR) is 76.9 cm³/mol. The molecule has 0 saturated heterocycles. The first-order valence-electron chi connectivity index (χ1n) is 7.07. The van der Waals surface area contributed by atoms with Crippen LogP contribution in [-0.4, -0.2) is 10.8 Å². The van der Waals surface area contributed by atoms with Crippen molar-refractivity contribution < 1.29 is 4.79 Å². The summed E-state index contributed by atoms with van der Waals surface area (Å²) in [5, 5.41) is 1.23. The van der Waals surface area contributed by atoms with E-state index in [9.17, 15) is 4.79 Å². The van der Waals surface area contributed by atoms with E-state index in [0.29, 0.717) is 17.6 Å². The number of hydrogen-bond acceptors (Lipinski definition) is 1. The number of fused-ring (bicyclic) bond motifs is 3. The molecule has 2 atom stereocenters. The molecule has 1 N–H and O–H groups in total. The summed E-state index contributed by atoms with van der Waals surface area (Å²) >= 11 is 0. The highest BCUT2D eigenvalue weighted by Gasteiger charge is 2.42. The SMILES string of the molecule is Cc1[nH]c2ccccc2c1/C=C1/C(=O)[C@H]2CC[C@H]1C2. The van der Waals surface area contributed by atoms with Crippen molar-refractivity contribution in [1.29, 1.82) is 0 Å². The standard InChI is InChI=1S/C17H17NO/c1-10-14(13-4-2-3-5-16(13)18-10)9-15-11-6-7-12(8-11)17(15)19/h2-5,9,11-12,18H,6-8H2,1H3/b15-9+/t11-,12-/m0/s1. The number of ketones is 1. The van der Waals surface area contributed by atoms with Crippen molar-refractivity contribution in [3.8, 4) is 0 Å². The first-order chi connectivity index (χ1) is 9.24. The Morgan fingerprint density at radius 2 is 2.00 bits per heavy atom. The number of aromatic nitrogens is 1. The Bertz CT molecular complexity index is 707. The minimum absolute atomic E-state index is 0.321. The summed E-state index contributed by atoms with van der Waals surface area (Å²) < 4.78 is 0. The summed E-state index contributed by atoms with van der Waals surface area (Å²) in [5.74, 6) is 1.24. The van der Waals surface area contributed by atoms with Crippen molar-refractivity contribution in [2.24, 2.45) is 11.8 Å². The zero-order valence-corrected chi connectivity index (χ0v) is 11.1. The van der Waals surface area contributed by atoms with Crippen LogP contribution in [0.4, 0.5) is 0 Å². The van der Waals surface area contributed by atoms with Gasteiger partial charge in [0.15, 0.2) is 5.78 Å². The van der Waals surface area contributed by atoms with Crippen LogP contribution in [0, 0.1) is 18.8 Å². The quantitative estimate of drug-likeness (QED) is 0.767. The number of H-pyrrole nitrogens is 1. The second kappa shape index (κ2) is 3.83. The Kier molecular flexibility index (Phi) is 2.22. The second-order valence-electron chi connectivity index (χ2n) is 5.88. The Hall–Kier alpha value is -1.83. The van der Waals surface area contributed by atoms with E-state index in [2.05, 4.69) is 36.2 Å². The lowest BCUT2D eigenvalue weighted by Crippen LogP contribution is -2.11. The van der Waals surface area contributed by atoms with Gasteiger partial charge < -0.3 is 4.98 Å². The van der Waals surface area contributed by atoms with Gasteiger partial charge in [-0.2, -0.15) is 0 Å². The lowest BCUT2D eigenvalue weighted by Gasteiger charge is -2.12. The fourth-order valence-corrected chi connectivity index (χ4v) is 3.77. The fourth-order valence-electron chi connectivity index (χ4n) is 3.77. The molecule has 0 aliphatic heterocycles. The van der Waals surface area contributed by atoms with Gasteiger partial charge in [-0.1, -0.05) is 18.2 Å². The molecule has 96 valence electrons. The molecule has 2 heteroatoms. The van der Waals surface area contributed by atoms with Crippen LogP contribution in [0.2, 0.25) is 0 Å². The molecule has 2 aromatic rings. The van der Waals surface area contributed by atoms with Gasteiger partial charge in [0.1, 0.15) is 0 Å². The molecule has 0 radical (unpaired) electrons. The van der Waals surface area contributed by atoms with E-state index in [0.717, 1.165) is 29.6 Å². The molecule has 2 saturated carbocycles. The Morgan fingerprint density at radius 3 is 2.79 bits per heavy atom. The fraction of sp³-hybridized carbons (Fsp3) is 0.353. The number of hydrogen-bond donors (Lipinski definition) is 1. The Labute approximate surface area is 112 Å². The number of Topliss-reactive ketones (excluding diaryl/α,β-unsaturated/α-hetero) is 1. The van der Waals surface area contributed by atoms with E-state index in [1.807, 2.05) is 6.07 Å². The van der Waals surface area contributed by atoms with Crippen LogP contribution in [0.5, 0.6) is 0 Å². The number of nitrogens with one attached hydrogen (secondary N) is 1. The predicted octanol–water partition coefficient (Wildman–Crippen LogP) is 3.86. The molecule has 1 aromatic carbocycles. The highest BCUT2D eigenvalue weighted by molar-refractivity contribution is 6.06. The van der Waals surface area contributed by atoms with E-state index in [1.165, 1.54) is 17.4 Å². The first-order valence-corrected chi connectivity index (χ1v) is 7.07. The number of allylic oxidation sites excluding steroid dienone is 1. The van der Waals surface area contributed by atoms with Crippen LogP contribution >= 0.6 is 0 Å². The van der Waals surface area contributed by atoms with Gasteiger partial charge in [-0.05, 0) is 49.8 Å². The lowest BCUT2D eigenvalue weighted by atomic mass is 9.91. The van der Waals surface area contributed by atoms with Crippen LogP contribution < -0.4 is 0 Å². The van der Waals surface area contributed by atoms with Crippen molar-refractivity contribution in [2.45, 2.75) is 26.2 Å². The number of carbonyl (C=O) groups is 1. The van der Waals surface area contributed by atoms with Gasteiger partial charge in [0.05, 0.1) is 0 Å². The van der Waals surface area contributed by atoms with Crippen molar-refractivity contribution >= 4 is 22.8 Å². The largest absolute Gasteiger partial charge is 0.358 e. The second-order valence-corrected chi connectivity index (χ2v) is 5.88. The minimum Gasteiger partial charge on any atom is -0.358 e. The van der Waals surface area contributed by atoms with Crippen molar-refractivity contribution in [3.05, 3.63) is 41.1 Å².